The third kappa shape index (κ3) is 6.87. The average Bonchev–Trinajstić information content (AvgIpc) is 2.83. The number of esters is 1. The summed E-state index contributed by atoms with van der Waals surface area (Å²) in [5.74, 6) is -1.19. The molecule has 2 amide bonds. The van der Waals surface area contributed by atoms with E-state index in [1.165, 1.54) is 24.1 Å². The standard InChI is InChI=1S/C26H31FN2O5/c1-3-34-26(32)21-7-5-13-28(17-21)24(30)15-19-9-11-23(12-10-19)29(25(31)18-33-2)16-20-6-4-8-22(27)14-20/h4,6,8-12,14,21H,3,5,7,13,15-18H2,1-2H3/t21-/m1/s1. The van der Waals surface area contributed by atoms with E-state index in [2.05, 4.69) is 0 Å². The number of nitrogens with zero attached hydrogens (tertiary/aromatic N) is 2. The summed E-state index contributed by atoms with van der Waals surface area (Å²) in [6, 6.07) is 13.3. The molecule has 0 saturated carbocycles. The van der Waals surface area contributed by atoms with Gasteiger partial charge in [0.05, 0.1) is 25.5 Å². The Morgan fingerprint density at radius 1 is 1.12 bits per heavy atom. The Kier molecular flexibility index (Phi) is 9.16. The van der Waals surface area contributed by atoms with Crippen LogP contribution < -0.4 is 4.90 Å². The first-order valence-electron chi connectivity index (χ1n) is 11.5. The van der Waals surface area contributed by atoms with E-state index in [-0.39, 0.29) is 49.1 Å². The molecule has 182 valence electrons. The van der Waals surface area contributed by atoms with Crippen molar-refractivity contribution in [1.29, 1.82) is 0 Å². The summed E-state index contributed by atoms with van der Waals surface area (Å²) in [6.45, 7) is 3.20. The predicted octanol–water partition coefficient (Wildman–Crippen LogP) is 3.35. The molecule has 0 N–H and O–H groups in total. The van der Waals surface area contributed by atoms with Crippen molar-refractivity contribution in [2.45, 2.75) is 32.7 Å². The summed E-state index contributed by atoms with van der Waals surface area (Å²) < 4.78 is 23.7. The minimum absolute atomic E-state index is 0.0474. The zero-order valence-electron chi connectivity index (χ0n) is 19.7. The first-order chi connectivity index (χ1) is 16.4. The Labute approximate surface area is 199 Å². The van der Waals surface area contributed by atoms with Gasteiger partial charge in [0.15, 0.2) is 0 Å². The number of benzene rings is 2. The number of hydrogen-bond donors (Lipinski definition) is 0. The monoisotopic (exact) mass is 470 g/mol. The first-order valence-corrected chi connectivity index (χ1v) is 11.5. The number of carbonyl (C=O) groups excluding carboxylic acids is 3. The van der Waals surface area contributed by atoms with Crippen molar-refractivity contribution in [1.82, 2.24) is 4.90 Å². The van der Waals surface area contributed by atoms with Gasteiger partial charge in [0, 0.05) is 25.9 Å². The van der Waals surface area contributed by atoms with Crippen LogP contribution in [0.3, 0.4) is 0 Å². The quantitative estimate of drug-likeness (QED) is 0.526. The molecular formula is C26H31FN2O5. The number of rotatable bonds is 9. The topological polar surface area (TPSA) is 76.2 Å². The maximum absolute atomic E-state index is 13.6. The summed E-state index contributed by atoms with van der Waals surface area (Å²) in [5.41, 5.74) is 2.09. The summed E-state index contributed by atoms with van der Waals surface area (Å²) in [4.78, 5) is 40.8. The number of halogens is 1. The number of methoxy groups -OCH3 is 1. The van der Waals surface area contributed by atoms with Crippen LogP contribution in [0, 0.1) is 11.7 Å². The lowest BCUT2D eigenvalue weighted by Gasteiger charge is -2.31. The fourth-order valence-electron chi connectivity index (χ4n) is 4.08. The van der Waals surface area contributed by atoms with Crippen molar-refractivity contribution in [2.24, 2.45) is 5.92 Å². The second-order valence-electron chi connectivity index (χ2n) is 8.32. The van der Waals surface area contributed by atoms with Gasteiger partial charge in [-0.05, 0) is 55.2 Å². The Balaban J connectivity index is 1.67. The highest BCUT2D eigenvalue weighted by atomic mass is 19.1. The maximum atomic E-state index is 13.6. The molecule has 8 heteroatoms. The van der Waals surface area contributed by atoms with Crippen LogP contribution in [0.2, 0.25) is 0 Å². The molecule has 0 bridgehead atoms. The van der Waals surface area contributed by atoms with E-state index in [0.29, 0.717) is 30.9 Å². The maximum Gasteiger partial charge on any atom is 0.310 e. The van der Waals surface area contributed by atoms with Gasteiger partial charge in [-0.3, -0.25) is 14.4 Å². The lowest BCUT2D eigenvalue weighted by atomic mass is 9.97. The number of hydrogen-bond acceptors (Lipinski definition) is 5. The molecular weight excluding hydrogens is 439 g/mol. The van der Waals surface area contributed by atoms with E-state index in [4.69, 9.17) is 9.47 Å². The SMILES string of the molecule is CCOC(=O)[C@@H]1CCCN(C(=O)Cc2ccc(N(Cc3cccc(F)c3)C(=O)COC)cc2)C1. The molecule has 1 heterocycles. The van der Waals surface area contributed by atoms with Crippen molar-refractivity contribution in [3.8, 4) is 0 Å². The van der Waals surface area contributed by atoms with Crippen LogP contribution in [0.4, 0.5) is 10.1 Å². The van der Waals surface area contributed by atoms with Crippen LogP contribution >= 0.6 is 0 Å². The number of amides is 2. The minimum Gasteiger partial charge on any atom is -0.466 e. The average molecular weight is 471 g/mol. The zero-order valence-corrected chi connectivity index (χ0v) is 19.7. The van der Waals surface area contributed by atoms with Crippen molar-refractivity contribution in [3.63, 3.8) is 0 Å². The Morgan fingerprint density at radius 3 is 2.56 bits per heavy atom. The predicted molar refractivity (Wildman–Crippen MR) is 126 cm³/mol. The summed E-state index contributed by atoms with van der Waals surface area (Å²) >= 11 is 0. The van der Waals surface area contributed by atoms with Crippen molar-refractivity contribution in [3.05, 3.63) is 65.5 Å². The fraction of sp³-hybridized carbons (Fsp3) is 0.423. The highest BCUT2D eigenvalue weighted by molar-refractivity contribution is 5.94. The smallest absolute Gasteiger partial charge is 0.310 e. The Bertz CT molecular complexity index is 995. The molecule has 1 aliphatic heterocycles. The van der Waals surface area contributed by atoms with Gasteiger partial charge in [0.1, 0.15) is 12.4 Å². The van der Waals surface area contributed by atoms with Crippen molar-refractivity contribution >= 4 is 23.5 Å². The Hall–Kier alpha value is -3.26. The van der Waals surface area contributed by atoms with E-state index in [9.17, 15) is 18.8 Å². The van der Waals surface area contributed by atoms with Crippen molar-refractivity contribution in [2.75, 3.05) is 38.3 Å². The van der Waals surface area contributed by atoms with Crippen LogP contribution in [0.25, 0.3) is 0 Å². The second kappa shape index (κ2) is 12.3. The minimum atomic E-state index is -0.367. The molecule has 1 saturated heterocycles. The molecule has 1 fully saturated rings. The number of carbonyl (C=O) groups is 3. The van der Waals surface area contributed by atoms with Crippen LogP contribution in [0.1, 0.15) is 30.9 Å². The largest absolute Gasteiger partial charge is 0.466 e. The van der Waals surface area contributed by atoms with E-state index in [1.54, 1.807) is 48.2 Å². The highest BCUT2D eigenvalue weighted by Crippen LogP contribution is 2.22. The van der Waals surface area contributed by atoms with Crippen LogP contribution in [-0.4, -0.2) is 56.1 Å². The molecule has 34 heavy (non-hydrogen) atoms. The normalized spacial score (nSPS) is 15.6. The van der Waals surface area contributed by atoms with Gasteiger partial charge in [0.2, 0.25) is 5.91 Å². The van der Waals surface area contributed by atoms with Gasteiger partial charge < -0.3 is 19.3 Å². The third-order valence-electron chi connectivity index (χ3n) is 5.80. The fourth-order valence-corrected chi connectivity index (χ4v) is 4.08. The molecule has 1 aliphatic rings. The van der Waals surface area contributed by atoms with E-state index in [1.807, 2.05) is 0 Å². The third-order valence-corrected chi connectivity index (χ3v) is 5.80. The highest BCUT2D eigenvalue weighted by Gasteiger charge is 2.29. The van der Waals surface area contributed by atoms with E-state index >= 15 is 0 Å². The van der Waals surface area contributed by atoms with Gasteiger partial charge in [-0.15, -0.1) is 0 Å². The molecule has 0 unspecified atom stereocenters. The van der Waals surface area contributed by atoms with Gasteiger partial charge in [-0.25, -0.2) is 4.39 Å². The van der Waals surface area contributed by atoms with Gasteiger partial charge >= 0.3 is 5.97 Å². The summed E-state index contributed by atoms with van der Waals surface area (Å²) in [7, 11) is 1.44. The number of anilines is 1. The molecule has 7 nitrogen and oxygen atoms in total. The van der Waals surface area contributed by atoms with Gasteiger partial charge in [-0.1, -0.05) is 24.3 Å². The molecule has 0 aliphatic carbocycles. The Morgan fingerprint density at radius 2 is 1.88 bits per heavy atom. The molecule has 3 rings (SSSR count). The number of ether oxygens (including phenoxy) is 2. The molecule has 0 radical (unpaired) electrons. The van der Waals surface area contributed by atoms with Gasteiger partial charge in [-0.2, -0.15) is 0 Å². The molecule has 2 aromatic carbocycles. The van der Waals surface area contributed by atoms with Crippen LogP contribution in [-0.2, 0) is 36.8 Å². The van der Waals surface area contributed by atoms with Crippen LogP contribution in [0.15, 0.2) is 48.5 Å². The van der Waals surface area contributed by atoms with Crippen LogP contribution in [0.5, 0.6) is 0 Å². The van der Waals surface area contributed by atoms with E-state index in [0.717, 1.165) is 18.4 Å². The summed E-state index contributed by atoms with van der Waals surface area (Å²) in [6.07, 6.45) is 1.70. The molecule has 0 spiro atoms. The lowest BCUT2D eigenvalue weighted by Crippen LogP contribution is -2.43. The molecule has 1 atom stereocenters. The van der Waals surface area contributed by atoms with E-state index < -0.39 is 0 Å². The number of likely N-dealkylation sites (tertiary alicyclic amines) is 1. The first kappa shape index (κ1) is 25.4. The summed E-state index contributed by atoms with van der Waals surface area (Å²) in [5, 5.41) is 0. The van der Waals surface area contributed by atoms with Gasteiger partial charge in [0.25, 0.3) is 5.91 Å². The molecule has 0 aromatic heterocycles. The zero-order chi connectivity index (χ0) is 24.5. The lowest BCUT2D eigenvalue weighted by molar-refractivity contribution is -0.151. The second-order valence-corrected chi connectivity index (χ2v) is 8.32. The molecule has 2 aromatic rings. The number of piperidine rings is 1. The van der Waals surface area contributed by atoms with Crippen molar-refractivity contribution < 1.29 is 28.2 Å².